The predicted molar refractivity (Wildman–Crippen MR) is 78.4 cm³/mol. The topological polar surface area (TPSA) is 84.6 Å². The standard InChI is InChI=1S/C15H24N2O3/c1-15(2,3)13(14(16)19)17-9-12(18)10-6-5-7-11(8-10)20-4/h5-8,12-13,17-18H,9H2,1-4H3,(H2,16,19)/t12?,13-/m1/s1. The minimum atomic E-state index is -0.728. The number of ether oxygens (including phenoxy) is 1. The number of aliphatic hydroxyl groups is 1. The molecule has 0 radical (unpaired) electrons. The van der Waals surface area contributed by atoms with Gasteiger partial charge in [-0.3, -0.25) is 4.79 Å². The highest BCUT2D eigenvalue weighted by Gasteiger charge is 2.29. The molecule has 0 aliphatic rings. The molecule has 0 spiro atoms. The number of hydrogen-bond donors (Lipinski definition) is 3. The molecule has 5 heteroatoms. The van der Waals surface area contributed by atoms with Crippen molar-refractivity contribution >= 4 is 5.91 Å². The van der Waals surface area contributed by atoms with Crippen LogP contribution in [0.5, 0.6) is 5.75 Å². The Bertz CT molecular complexity index is 455. The van der Waals surface area contributed by atoms with E-state index in [1.165, 1.54) is 0 Å². The number of primary amides is 1. The van der Waals surface area contributed by atoms with E-state index in [1.807, 2.05) is 39.0 Å². The van der Waals surface area contributed by atoms with Crippen molar-refractivity contribution in [2.24, 2.45) is 11.1 Å². The Hall–Kier alpha value is -1.59. The molecule has 1 unspecified atom stereocenters. The van der Waals surface area contributed by atoms with Gasteiger partial charge in [-0.15, -0.1) is 0 Å². The zero-order chi connectivity index (χ0) is 15.3. The maximum Gasteiger partial charge on any atom is 0.235 e. The summed E-state index contributed by atoms with van der Waals surface area (Å²) in [5.74, 6) is 0.263. The Balaban J connectivity index is 2.70. The Kier molecular flexibility index (Phi) is 5.53. The number of amides is 1. The summed E-state index contributed by atoms with van der Waals surface area (Å²) in [7, 11) is 1.58. The number of nitrogens with two attached hydrogens (primary N) is 1. The number of benzene rings is 1. The number of carbonyl (C=O) groups is 1. The minimum absolute atomic E-state index is 0.248. The maximum absolute atomic E-state index is 11.5. The number of hydrogen-bond acceptors (Lipinski definition) is 4. The highest BCUT2D eigenvalue weighted by atomic mass is 16.5. The average Bonchev–Trinajstić information content (AvgIpc) is 2.36. The van der Waals surface area contributed by atoms with Crippen molar-refractivity contribution in [1.29, 1.82) is 0 Å². The van der Waals surface area contributed by atoms with Crippen LogP contribution in [0.15, 0.2) is 24.3 Å². The lowest BCUT2D eigenvalue weighted by Gasteiger charge is -2.29. The van der Waals surface area contributed by atoms with Gasteiger partial charge in [0, 0.05) is 6.54 Å². The Morgan fingerprint density at radius 1 is 1.45 bits per heavy atom. The van der Waals surface area contributed by atoms with Gasteiger partial charge in [-0.05, 0) is 23.1 Å². The first-order valence-corrected chi connectivity index (χ1v) is 6.60. The molecule has 4 N–H and O–H groups in total. The lowest BCUT2D eigenvalue weighted by Crippen LogP contribution is -2.50. The molecule has 2 atom stereocenters. The van der Waals surface area contributed by atoms with Crippen molar-refractivity contribution in [2.45, 2.75) is 32.9 Å². The van der Waals surface area contributed by atoms with Crippen molar-refractivity contribution in [3.8, 4) is 5.75 Å². The van der Waals surface area contributed by atoms with E-state index in [0.717, 1.165) is 5.56 Å². The molecule has 20 heavy (non-hydrogen) atoms. The number of rotatable bonds is 6. The van der Waals surface area contributed by atoms with Crippen LogP contribution < -0.4 is 15.8 Å². The highest BCUT2D eigenvalue weighted by Crippen LogP contribution is 2.21. The van der Waals surface area contributed by atoms with Crippen LogP contribution >= 0.6 is 0 Å². The van der Waals surface area contributed by atoms with Crippen LogP contribution in [-0.4, -0.2) is 30.7 Å². The third-order valence-corrected chi connectivity index (χ3v) is 3.14. The van der Waals surface area contributed by atoms with Gasteiger partial charge in [-0.2, -0.15) is 0 Å². The molecule has 0 bridgehead atoms. The first-order valence-electron chi connectivity index (χ1n) is 6.60. The molecule has 0 aliphatic heterocycles. The second-order valence-electron chi connectivity index (χ2n) is 5.90. The monoisotopic (exact) mass is 280 g/mol. The normalized spacial score (nSPS) is 14.7. The largest absolute Gasteiger partial charge is 0.497 e. The van der Waals surface area contributed by atoms with Gasteiger partial charge in [0.1, 0.15) is 5.75 Å². The fourth-order valence-electron chi connectivity index (χ4n) is 2.03. The lowest BCUT2D eigenvalue weighted by molar-refractivity contribution is -0.122. The van der Waals surface area contributed by atoms with Gasteiger partial charge in [0.05, 0.1) is 19.3 Å². The van der Waals surface area contributed by atoms with Crippen LogP contribution in [-0.2, 0) is 4.79 Å². The van der Waals surface area contributed by atoms with E-state index < -0.39 is 18.1 Å². The predicted octanol–water partition coefficient (Wildman–Crippen LogP) is 1.22. The van der Waals surface area contributed by atoms with Gasteiger partial charge in [0.15, 0.2) is 0 Å². The van der Waals surface area contributed by atoms with E-state index in [0.29, 0.717) is 5.75 Å². The molecule has 1 amide bonds. The number of nitrogens with one attached hydrogen (secondary N) is 1. The van der Waals surface area contributed by atoms with Crippen molar-refractivity contribution in [3.63, 3.8) is 0 Å². The molecule has 1 aromatic carbocycles. The zero-order valence-electron chi connectivity index (χ0n) is 12.5. The number of aliphatic hydroxyl groups excluding tert-OH is 1. The molecule has 0 saturated carbocycles. The van der Waals surface area contributed by atoms with Gasteiger partial charge in [0.2, 0.25) is 5.91 Å². The quantitative estimate of drug-likeness (QED) is 0.731. The van der Waals surface area contributed by atoms with Crippen LogP contribution in [0.2, 0.25) is 0 Å². The number of methoxy groups -OCH3 is 1. The van der Waals surface area contributed by atoms with Crippen LogP contribution in [0, 0.1) is 5.41 Å². The van der Waals surface area contributed by atoms with Gasteiger partial charge in [-0.25, -0.2) is 0 Å². The molecule has 5 nitrogen and oxygen atoms in total. The lowest BCUT2D eigenvalue weighted by atomic mass is 9.86. The molecule has 1 rings (SSSR count). The van der Waals surface area contributed by atoms with E-state index in [4.69, 9.17) is 10.5 Å². The van der Waals surface area contributed by atoms with Crippen molar-refractivity contribution in [2.75, 3.05) is 13.7 Å². The van der Waals surface area contributed by atoms with E-state index in [9.17, 15) is 9.90 Å². The summed E-state index contributed by atoms with van der Waals surface area (Å²) in [6, 6.07) is 6.70. The van der Waals surface area contributed by atoms with E-state index >= 15 is 0 Å². The molecular weight excluding hydrogens is 256 g/mol. The summed E-state index contributed by atoms with van der Waals surface area (Å²) < 4.78 is 5.12. The van der Waals surface area contributed by atoms with Gasteiger partial charge in [0.25, 0.3) is 0 Å². The molecule has 0 fully saturated rings. The fraction of sp³-hybridized carbons (Fsp3) is 0.533. The third kappa shape index (κ3) is 4.51. The van der Waals surface area contributed by atoms with Gasteiger partial charge >= 0.3 is 0 Å². The summed E-state index contributed by atoms with van der Waals surface area (Å²) in [5, 5.41) is 13.2. The van der Waals surface area contributed by atoms with E-state index in [-0.39, 0.29) is 12.0 Å². The van der Waals surface area contributed by atoms with E-state index in [1.54, 1.807) is 13.2 Å². The molecular formula is C15H24N2O3. The van der Waals surface area contributed by atoms with E-state index in [2.05, 4.69) is 5.32 Å². The highest BCUT2D eigenvalue weighted by molar-refractivity contribution is 5.80. The van der Waals surface area contributed by atoms with Crippen molar-refractivity contribution in [3.05, 3.63) is 29.8 Å². The van der Waals surface area contributed by atoms with Crippen LogP contribution in [0.1, 0.15) is 32.4 Å². The Labute approximate surface area is 120 Å². The van der Waals surface area contributed by atoms with Gasteiger partial charge < -0.3 is 20.9 Å². The average molecular weight is 280 g/mol. The summed E-state index contributed by atoms with van der Waals surface area (Å²) in [6.07, 6.45) is -0.728. The summed E-state index contributed by atoms with van der Waals surface area (Å²) in [6.45, 7) is 6.02. The Morgan fingerprint density at radius 3 is 2.60 bits per heavy atom. The molecule has 0 aromatic heterocycles. The van der Waals surface area contributed by atoms with Crippen molar-refractivity contribution in [1.82, 2.24) is 5.32 Å². The minimum Gasteiger partial charge on any atom is -0.497 e. The molecule has 0 saturated heterocycles. The second kappa shape index (κ2) is 6.72. The Morgan fingerprint density at radius 2 is 2.10 bits per heavy atom. The van der Waals surface area contributed by atoms with Crippen LogP contribution in [0.4, 0.5) is 0 Å². The van der Waals surface area contributed by atoms with Crippen molar-refractivity contribution < 1.29 is 14.6 Å². The SMILES string of the molecule is COc1cccc(C(O)CN[C@H](C(N)=O)C(C)(C)C)c1. The molecule has 0 heterocycles. The first kappa shape index (κ1) is 16.5. The zero-order valence-corrected chi connectivity index (χ0v) is 12.5. The van der Waals surface area contributed by atoms with Crippen LogP contribution in [0.25, 0.3) is 0 Å². The summed E-state index contributed by atoms with van der Waals surface area (Å²) in [4.78, 5) is 11.5. The first-order chi connectivity index (χ1) is 9.25. The maximum atomic E-state index is 11.5. The van der Waals surface area contributed by atoms with Crippen LogP contribution in [0.3, 0.4) is 0 Å². The smallest absolute Gasteiger partial charge is 0.235 e. The summed E-state index contributed by atoms with van der Waals surface area (Å²) in [5.41, 5.74) is 5.82. The molecule has 112 valence electrons. The number of carbonyl (C=O) groups excluding carboxylic acids is 1. The van der Waals surface area contributed by atoms with Gasteiger partial charge in [-0.1, -0.05) is 32.9 Å². The second-order valence-corrected chi connectivity index (χ2v) is 5.90. The third-order valence-electron chi connectivity index (χ3n) is 3.14. The molecule has 1 aromatic rings. The molecule has 0 aliphatic carbocycles. The fourth-order valence-corrected chi connectivity index (χ4v) is 2.03. The summed E-state index contributed by atoms with van der Waals surface area (Å²) >= 11 is 0.